The molecule has 1 aliphatic carbocycles. The Labute approximate surface area is 142 Å². The van der Waals surface area contributed by atoms with Crippen molar-refractivity contribution in [1.82, 2.24) is 19.9 Å². The number of carbonyl (C=O) groups is 1. The molecule has 0 radical (unpaired) electrons. The van der Waals surface area contributed by atoms with Crippen LogP contribution >= 0.6 is 0 Å². The van der Waals surface area contributed by atoms with Gasteiger partial charge in [0.25, 0.3) is 0 Å². The number of amides is 1. The molecule has 1 aromatic heterocycles. The first kappa shape index (κ1) is 15.4. The molecule has 2 fully saturated rings. The zero-order valence-electron chi connectivity index (χ0n) is 14.1. The molecule has 24 heavy (non-hydrogen) atoms. The van der Waals surface area contributed by atoms with Crippen LogP contribution in [0.4, 0.5) is 0 Å². The maximum Gasteiger partial charge on any atom is 0.223 e. The van der Waals surface area contributed by atoms with E-state index in [9.17, 15) is 4.79 Å². The lowest BCUT2D eigenvalue weighted by Gasteiger charge is -2.19. The second-order valence-corrected chi connectivity index (χ2v) is 7.20. The van der Waals surface area contributed by atoms with Crippen LogP contribution in [0.2, 0.25) is 0 Å². The van der Waals surface area contributed by atoms with E-state index in [1.54, 1.807) is 0 Å². The van der Waals surface area contributed by atoms with Gasteiger partial charge >= 0.3 is 0 Å². The van der Waals surface area contributed by atoms with Crippen LogP contribution in [0.1, 0.15) is 61.7 Å². The van der Waals surface area contributed by atoms with Gasteiger partial charge in [0.15, 0.2) is 0 Å². The van der Waals surface area contributed by atoms with Gasteiger partial charge in [-0.05, 0) is 30.7 Å². The third-order valence-electron chi connectivity index (χ3n) is 5.26. The molecule has 0 N–H and O–H groups in total. The van der Waals surface area contributed by atoms with Crippen molar-refractivity contribution < 1.29 is 4.79 Å². The number of hydrogen-bond acceptors (Lipinski definition) is 3. The van der Waals surface area contributed by atoms with Gasteiger partial charge in [0.05, 0.1) is 11.7 Å². The van der Waals surface area contributed by atoms with E-state index in [0.29, 0.717) is 12.3 Å². The molecule has 1 aromatic carbocycles. The molecule has 4 rings (SSSR count). The molecular formula is C19H24N4O. The smallest absolute Gasteiger partial charge is 0.223 e. The van der Waals surface area contributed by atoms with Crippen molar-refractivity contribution >= 4 is 5.91 Å². The van der Waals surface area contributed by atoms with Gasteiger partial charge in [0.1, 0.15) is 0 Å². The quantitative estimate of drug-likeness (QED) is 0.849. The largest absolute Gasteiger partial charge is 0.340 e. The number of rotatable bonds is 5. The maximum atomic E-state index is 12.6. The van der Waals surface area contributed by atoms with Crippen molar-refractivity contribution in [1.29, 1.82) is 0 Å². The Morgan fingerprint density at radius 2 is 2.04 bits per heavy atom. The fraction of sp³-hybridized carbons (Fsp3) is 0.526. The predicted molar refractivity (Wildman–Crippen MR) is 91.7 cm³/mol. The van der Waals surface area contributed by atoms with Crippen molar-refractivity contribution in [2.24, 2.45) is 0 Å². The molecular weight excluding hydrogens is 300 g/mol. The van der Waals surface area contributed by atoms with Gasteiger partial charge in [-0.1, -0.05) is 42.5 Å². The Balaban J connectivity index is 1.34. The van der Waals surface area contributed by atoms with E-state index in [4.69, 9.17) is 0 Å². The highest BCUT2D eigenvalue weighted by Gasteiger charge is 2.31. The Hall–Kier alpha value is -2.17. The van der Waals surface area contributed by atoms with E-state index < -0.39 is 0 Å². The SMILES string of the molecule is CC(CC(=O)N1CCC(n2cc(C3CC3)nn2)C1)c1ccccc1. The summed E-state index contributed by atoms with van der Waals surface area (Å²) in [5.74, 6) is 1.13. The normalized spacial score (nSPS) is 21.9. The van der Waals surface area contributed by atoms with Crippen molar-refractivity contribution in [3.8, 4) is 0 Å². The first-order chi connectivity index (χ1) is 11.7. The third-order valence-corrected chi connectivity index (χ3v) is 5.26. The Kier molecular flexibility index (Phi) is 4.08. The highest BCUT2D eigenvalue weighted by atomic mass is 16.2. The summed E-state index contributed by atoms with van der Waals surface area (Å²) >= 11 is 0. The predicted octanol–water partition coefficient (Wildman–Crippen LogP) is 3.12. The molecule has 1 saturated carbocycles. The van der Waals surface area contributed by atoms with Gasteiger partial charge in [-0.3, -0.25) is 4.79 Å². The number of likely N-dealkylation sites (tertiary alicyclic amines) is 1. The van der Waals surface area contributed by atoms with E-state index in [0.717, 1.165) is 25.2 Å². The summed E-state index contributed by atoms with van der Waals surface area (Å²) in [6.07, 6.45) is 6.11. The fourth-order valence-electron chi connectivity index (χ4n) is 3.51. The van der Waals surface area contributed by atoms with E-state index >= 15 is 0 Å². The molecule has 2 aromatic rings. The number of carbonyl (C=O) groups excluding carboxylic acids is 1. The van der Waals surface area contributed by atoms with Gasteiger partial charge in [-0.2, -0.15) is 0 Å². The minimum absolute atomic E-state index is 0.247. The first-order valence-electron chi connectivity index (χ1n) is 8.95. The molecule has 2 heterocycles. The highest BCUT2D eigenvalue weighted by molar-refractivity contribution is 5.77. The fourth-order valence-corrected chi connectivity index (χ4v) is 3.51. The lowest BCUT2D eigenvalue weighted by Crippen LogP contribution is -2.30. The van der Waals surface area contributed by atoms with Crippen molar-refractivity contribution in [2.45, 2.75) is 50.5 Å². The molecule has 0 bridgehead atoms. The van der Waals surface area contributed by atoms with Gasteiger partial charge in [-0.15, -0.1) is 5.10 Å². The van der Waals surface area contributed by atoms with Crippen LogP contribution < -0.4 is 0 Å². The van der Waals surface area contributed by atoms with Crippen LogP contribution in [-0.2, 0) is 4.79 Å². The highest BCUT2D eigenvalue weighted by Crippen LogP contribution is 2.39. The minimum Gasteiger partial charge on any atom is -0.340 e. The standard InChI is InChI=1S/C19H24N4O/c1-14(15-5-3-2-4-6-15)11-19(24)22-10-9-17(12-22)23-13-18(20-21-23)16-7-8-16/h2-6,13-14,16-17H,7-12H2,1H3. The summed E-state index contributed by atoms with van der Waals surface area (Å²) in [6.45, 7) is 3.71. The van der Waals surface area contributed by atoms with E-state index in [2.05, 4.69) is 35.6 Å². The summed E-state index contributed by atoms with van der Waals surface area (Å²) in [5, 5.41) is 8.58. The average molecular weight is 324 g/mol. The first-order valence-corrected chi connectivity index (χ1v) is 8.95. The Bertz CT molecular complexity index is 707. The van der Waals surface area contributed by atoms with Crippen LogP contribution in [0, 0.1) is 0 Å². The van der Waals surface area contributed by atoms with Crippen LogP contribution in [0.5, 0.6) is 0 Å². The Morgan fingerprint density at radius 1 is 1.25 bits per heavy atom. The molecule has 2 atom stereocenters. The number of hydrogen-bond donors (Lipinski definition) is 0. The monoisotopic (exact) mass is 324 g/mol. The van der Waals surface area contributed by atoms with Gasteiger partial charge in [0.2, 0.25) is 5.91 Å². The van der Waals surface area contributed by atoms with Crippen LogP contribution in [0.15, 0.2) is 36.5 Å². The number of aromatic nitrogens is 3. The average Bonchev–Trinajstić information content (AvgIpc) is 3.13. The van der Waals surface area contributed by atoms with Crippen LogP contribution in [-0.4, -0.2) is 38.9 Å². The zero-order valence-corrected chi connectivity index (χ0v) is 14.1. The third kappa shape index (κ3) is 3.21. The van der Waals surface area contributed by atoms with Crippen molar-refractivity contribution in [3.63, 3.8) is 0 Å². The maximum absolute atomic E-state index is 12.6. The molecule has 2 aliphatic rings. The van der Waals surface area contributed by atoms with Crippen molar-refractivity contribution in [2.75, 3.05) is 13.1 Å². The zero-order chi connectivity index (χ0) is 16.5. The lowest BCUT2D eigenvalue weighted by atomic mass is 9.97. The number of nitrogens with zero attached hydrogens (tertiary/aromatic N) is 4. The molecule has 2 unspecified atom stereocenters. The van der Waals surface area contributed by atoms with E-state index in [1.807, 2.05) is 27.8 Å². The van der Waals surface area contributed by atoms with Crippen molar-refractivity contribution in [3.05, 3.63) is 47.8 Å². The summed E-state index contributed by atoms with van der Waals surface area (Å²) in [5.41, 5.74) is 2.35. The summed E-state index contributed by atoms with van der Waals surface area (Å²) in [7, 11) is 0. The van der Waals surface area contributed by atoms with Gasteiger partial charge in [-0.25, -0.2) is 4.68 Å². The molecule has 1 aliphatic heterocycles. The van der Waals surface area contributed by atoms with E-state index in [-0.39, 0.29) is 17.9 Å². The minimum atomic E-state index is 0.247. The van der Waals surface area contributed by atoms with Gasteiger partial charge < -0.3 is 4.90 Å². The molecule has 1 amide bonds. The summed E-state index contributed by atoms with van der Waals surface area (Å²) < 4.78 is 1.97. The molecule has 1 saturated heterocycles. The second-order valence-electron chi connectivity index (χ2n) is 7.20. The molecule has 0 spiro atoms. The topological polar surface area (TPSA) is 51.0 Å². The molecule has 5 nitrogen and oxygen atoms in total. The summed E-state index contributed by atoms with van der Waals surface area (Å²) in [6, 6.07) is 10.5. The van der Waals surface area contributed by atoms with E-state index in [1.165, 1.54) is 18.4 Å². The van der Waals surface area contributed by atoms with Crippen LogP contribution in [0.3, 0.4) is 0 Å². The van der Waals surface area contributed by atoms with Gasteiger partial charge in [0, 0.05) is 31.6 Å². The summed E-state index contributed by atoms with van der Waals surface area (Å²) in [4.78, 5) is 14.6. The number of benzene rings is 1. The van der Waals surface area contributed by atoms with Crippen LogP contribution in [0.25, 0.3) is 0 Å². The lowest BCUT2D eigenvalue weighted by molar-refractivity contribution is -0.130. The molecule has 126 valence electrons. The second kappa shape index (κ2) is 6.38. The Morgan fingerprint density at radius 3 is 2.79 bits per heavy atom. The molecule has 5 heteroatoms.